The maximum atomic E-state index is 12.5. The second kappa shape index (κ2) is 9.20. The molecule has 0 unspecified atom stereocenters. The Hall–Kier alpha value is -3.60. The average Bonchev–Trinajstić information content (AvgIpc) is 2.72. The minimum Gasteiger partial charge on any atom is -0.355 e. The molecule has 0 saturated carbocycles. The van der Waals surface area contributed by atoms with Crippen molar-refractivity contribution in [1.29, 1.82) is 0 Å². The smallest absolute Gasteiger partial charge is 0.253 e. The van der Waals surface area contributed by atoms with Gasteiger partial charge in [-0.1, -0.05) is 48.5 Å². The molecule has 0 bridgehead atoms. The Morgan fingerprint density at radius 2 is 1.19 bits per heavy atom. The lowest BCUT2D eigenvalue weighted by Gasteiger charge is -2.12. The number of anilines is 2. The Bertz CT molecular complexity index is 896. The number of hydrogen-bond acceptors (Lipinski definition) is 3. The predicted octanol–water partition coefficient (Wildman–Crippen LogP) is 3.59. The maximum Gasteiger partial charge on any atom is 0.253 e. The normalized spacial score (nSPS) is 10.1. The highest BCUT2D eigenvalue weighted by Crippen LogP contribution is 2.20. The molecule has 0 radical (unpaired) electrons. The van der Waals surface area contributed by atoms with Crippen molar-refractivity contribution in [2.24, 2.45) is 0 Å². The molecule has 27 heavy (non-hydrogen) atoms. The molecule has 0 spiro atoms. The van der Waals surface area contributed by atoms with Crippen LogP contribution >= 0.6 is 0 Å². The number of hydrogen-bond donors (Lipinski definition) is 3. The Kier molecular flexibility index (Phi) is 6.20. The molecule has 3 aromatic rings. The van der Waals surface area contributed by atoms with E-state index in [9.17, 15) is 9.59 Å². The maximum absolute atomic E-state index is 12.5. The van der Waals surface area contributed by atoms with Gasteiger partial charge in [-0.2, -0.15) is 0 Å². The molecule has 0 heterocycles. The first-order valence-corrected chi connectivity index (χ1v) is 8.76. The molecule has 5 nitrogen and oxygen atoms in total. The highest BCUT2D eigenvalue weighted by molar-refractivity contribution is 6.00. The molecule has 3 N–H and O–H groups in total. The quantitative estimate of drug-likeness (QED) is 0.565. The van der Waals surface area contributed by atoms with Crippen LogP contribution in [0.4, 0.5) is 11.4 Å². The van der Waals surface area contributed by atoms with E-state index in [-0.39, 0.29) is 11.8 Å². The summed E-state index contributed by atoms with van der Waals surface area (Å²) < 4.78 is 0. The molecule has 0 aliphatic heterocycles. The zero-order valence-corrected chi connectivity index (χ0v) is 14.8. The van der Waals surface area contributed by atoms with Crippen LogP contribution in [0.15, 0.2) is 84.9 Å². The van der Waals surface area contributed by atoms with Crippen LogP contribution in [0, 0.1) is 0 Å². The fourth-order valence-electron chi connectivity index (χ4n) is 2.61. The van der Waals surface area contributed by atoms with E-state index in [4.69, 9.17) is 0 Å². The third-order valence-electron chi connectivity index (χ3n) is 3.96. The molecule has 0 fully saturated rings. The van der Waals surface area contributed by atoms with Crippen LogP contribution in [-0.2, 0) is 0 Å². The zero-order chi connectivity index (χ0) is 18.9. The van der Waals surface area contributed by atoms with Crippen LogP contribution < -0.4 is 16.0 Å². The van der Waals surface area contributed by atoms with Crippen molar-refractivity contribution in [3.8, 4) is 0 Å². The van der Waals surface area contributed by atoms with Gasteiger partial charge in [-0.25, -0.2) is 0 Å². The van der Waals surface area contributed by atoms with Gasteiger partial charge in [-0.05, 0) is 36.4 Å². The minimum atomic E-state index is -0.192. The molecule has 0 atom stereocenters. The number of amides is 2. The Labute approximate surface area is 158 Å². The summed E-state index contributed by atoms with van der Waals surface area (Å²) in [6, 6.07) is 26.0. The van der Waals surface area contributed by atoms with Crippen molar-refractivity contribution >= 4 is 23.2 Å². The first-order valence-electron chi connectivity index (χ1n) is 8.76. The van der Waals surface area contributed by atoms with E-state index in [1.807, 2.05) is 66.7 Å². The molecular weight excluding hydrogens is 338 g/mol. The lowest BCUT2D eigenvalue weighted by atomic mass is 10.1. The molecule has 0 aliphatic carbocycles. The first-order chi connectivity index (χ1) is 13.2. The van der Waals surface area contributed by atoms with Gasteiger partial charge in [0.15, 0.2) is 0 Å². The van der Waals surface area contributed by atoms with E-state index < -0.39 is 0 Å². The topological polar surface area (TPSA) is 70.2 Å². The van der Waals surface area contributed by atoms with Gasteiger partial charge in [0, 0.05) is 24.3 Å². The number of para-hydroxylation sites is 2. The van der Waals surface area contributed by atoms with Crippen molar-refractivity contribution < 1.29 is 9.59 Å². The van der Waals surface area contributed by atoms with Crippen LogP contribution in [0.5, 0.6) is 0 Å². The molecule has 5 heteroatoms. The minimum absolute atomic E-state index is 0.156. The summed E-state index contributed by atoms with van der Waals surface area (Å²) in [7, 11) is 0. The molecule has 0 aliphatic rings. The van der Waals surface area contributed by atoms with Gasteiger partial charge < -0.3 is 16.0 Å². The summed E-state index contributed by atoms with van der Waals surface area (Å²) in [6.07, 6.45) is 0. The summed E-state index contributed by atoms with van der Waals surface area (Å²) in [5.74, 6) is -0.348. The van der Waals surface area contributed by atoms with E-state index in [1.54, 1.807) is 18.2 Å². The monoisotopic (exact) mass is 359 g/mol. The lowest BCUT2D eigenvalue weighted by Crippen LogP contribution is -2.34. The standard InChI is InChI=1S/C22H21N3O2/c26-21(17-9-3-1-4-10-17)23-15-16-24-22(27)19-13-7-8-14-20(19)25-18-11-5-2-6-12-18/h1-14,25H,15-16H2,(H,23,26)(H,24,27). The Balaban J connectivity index is 1.53. The van der Waals surface area contributed by atoms with E-state index in [0.29, 0.717) is 24.2 Å². The van der Waals surface area contributed by atoms with Crippen LogP contribution in [0.25, 0.3) is 0 Å². The Morgan fingerprint density at radius 1 is 0.630 bits per heavy atom. The van der Waals surface area contributed by atoms with Gasteiger partial charge in [0.25, 0.3) is 11.8 Å². The highest BCUT2D eigenvalue weighted by atomic mass is 16.2. The SMILES string of the molecule is O=C(NCCNC(=O)c1ccccc1Nc1ccccc1)c1ccccc1. The van der Waals surface area contributed by atoms with Crippen LogP contribution in [0.2, 0.25) is 0 Å². The largest absolute Gasteiger partial charge is 0.355 e. The van der Waals surface area contributed by atoms with Gasteiger partial charge in [-0.3, -0.25) is 9.59 Å². The molecule has 136 valence electrons. The van der Waals surface area contributed by atoms with E-state index in [1.165, 1.54) is 0 Å². The first kappa shape index (κ1) is 18.2. The van der Waals surface area contributed by atoms with Gasteiger partial charge in [-0.15, -0.1) is 0 Å². The third kappa shape index (κ3) is 5.19. The number of benzene rings is 3. The molecule has 0 saturated heterocycles. The molecule has 3 rings (SSSR count). The van der Waals surface area contributed by atoms with Crippen molar-refractivity contribution in [3.05, 3.63) is 96.1 Å². The van der Waals surface area contributed by atoms with Crippen molar-refractivity contribution in [3.63, 3.8) is 0 Å². The molecular formula is C22H21N3O2. The molecule has 0 aromatic heterocycles. The van der Waals surface area contributed by atoms with Gasteiger partial charge in [0.1, 0.15) is 0 Å². The number of carbonyl (C=O) groups excluding carboxylic acids is 2. The van der Waals surface area contributed by atoms with E-state index in [2.05, 4.69) is 16.0 Å². The average molecular weight is 359 g/mol. The number of rotatable bonds is 7. The fourth-order valence-corrected chi connectivity index (χ4v) is 2.61. The third-order valence-corrected chi connectivity index (χ3v) is 3.96. The van der Waals surface area contributed by atoms with Crippen molar-refractivity contribution in [2.75, 3.05) is 18.4 Å². The summed E-state index contributed by atoms with van der Waals surface area (Å²) in [5.41, 5.74) is 2.79. The molecule has 3 aromatic carbocycles. The van der Waals surface area contributed by atoms with Gasteiger partial charge in [0.2, 0.25) is 0 Å². The number of carbonyl (C=O) groups is 2. The second-order valence-electron chi connectivity index (χ2n) is 5.91. The second-order valence-corrected chi connectivity index (χ2v) is 5.91. The summed E-state index contributed by atoms with van der Waals surface area (Å²) in [5, 5.41) is 8.88. The van der Waals surface area contributed by atoms with Crippen molar-refractivity contribution in [2.45, 2.75) is 0 Å². The summed E-state index contributed by atoms with van der Waals surface area (Å²) in [4.78, 5) is 24.5. The van der Waals surface area contributed by atoms with E-state index in [0.717, 1.165) is 11.4 Å². The highest BCUT2D eigenvalue weighted by Gasteiger charge is 2.11. The fraction of sp³-hybridized carbons (Fsp3) is 0.0909. The van der Waals surface area contributed by atoms with Crippen LogP contribution in [0.3, 0.4) is 0 Å². The lowest BCUT2D eigenvalue weighted by molar-refractivity contribution is 0.0928. The van der Waals surface area contributed by atoms with Gasteiger partial charge >= 0.3 is 0 Å². The van der Waals surface area contributed by atoms with E-state index >= 15 is 0 Å². The predicted molar refractivity (Wildman–Crippen MR) is 107 cm³/mol. The summed E-state index contributed by atoms with van der Waals surface area (Å²) >= 11 is 0. The number of nitrogens with one attached hydrogen (secondary N) is 3. The molecule has 2 amide bonds. The van der Waals surface area contributed by atoms with Crippen LogP contribution in [-0.4, -0.2) is 24.9 Å². The zero-order valence-electron chi connectivity index (χ0n) is 14.8. The van der Waals surface area contributed by atoms with Crippen molar-refractivity contribution in [1.82, 2.24) is 10.6 Å². The Morgan fingerprint density at radius 3 is 1.89 bits per heavy atom. The summed E-state index contributed by atoms with van der Waals surface area (Å²) in [6.45, 7) is 0.699. The van der Waals surface area contributed by atoms with Crippen LogP contribution in [0.1, 0.15) is 20.7 Å². The van der Waals surface area contributed by atoms with Gasteiger partial charge in [0.05, 0.1) is 11.3 Å².